The van der Waals surface area contributed by atoms with Gasteiger partial charge in [0.1, 0.15) is 0 Å². The molecule has 12 heteroatoms. The van der Waals surface area contributed by atoms with E-state index < -0.39 is 39.2 Å². The first-order valence-corrected chi connectivity index (χ1v) is 11.5. The summed E-state index contributed by atoms with van der Waals surface area (Å²) < 4.78 is 39.5. The molecule has 31 heavy (non-hydrogen) atoms. The van der Waals surface area contributed by atoms with Crippen LogP contribution in [0.1, 0.15) is 66.7 Å². The van der Waals surface area contributed by atoms with Gasteiger partial charge in [0.05, 0.1) is 24.7 Å². The van der Waals surface area contributed by atoms with Crippen molar-refractivity contribution in [3.8, 4) is 0 Å². The Bertz CT molecular complexity index is 753. The van der Waals surface area contributed by atoms with Crippen molar-refractivity contribution in [2.45, 2.75) is 72.8 Å². The van der Waals surface area contributed by atoms with Crippen LogP contribution in [0, 0.1) is 16.7 Å². The number of hydrogen-bond acceptors (Lipinski definition) is 8. The third-order valence-electron chi connectivity index (χ3n) is 5.04. The van der Waals surface area contributed by atoms with Crippen LogP contribution in [0.4, 0.5) is 4.79 Å². The smallest absolute Gasteiger partial charge is 0.421 e. The van der Waals surface area contributed by atoms with E-state index in [2.05, 4.69) is 0 Å². The normalized spacial score (nSPS) is 20.2. The summed E-state index contributed by atoms with van der Waals surface area (Å²) in [6.07, 6.45) is 1.77. The minimum Gasteiger partial charge on any atom is -0.465 e. The van der Waals surface area contributed by atoms with Crippen molar-refractivity contribution in [2.75, 3.05) is 13.2 Å². The molecule has 0 atom stereocenters. The molecule has 0 heterocycles. The first-order valence-electron chi connectivity index (χ1n) is 10.2. The maximum absolute atomic E-state index is 12.3. The van der Waals surface area contributed by atoms with Crippen LogP contribution in [0.25, 0.3) is 0 Å². The topological polar surface area (TPSA) is 168 Å². The van der Waals surface area contributed by atoms with Crippen LogP contribution >= 0.6 is 0 Å². The van der Waals surface area contributed by atoms with Crippen LogP contribution in [-0.2, 0) is 33.2 Å². The highest BCUT2D eigenvalue weighted by atomic mass is 32.3. The van der Waals surface area contributed by atoms with E-state index in [4.69, 9.17) is 24.7 Å². The molecule has 0 aliphatic heterocycles. The van der Waals surface area contributed by atoms with Crippen LogP contribution in [0.3, 0.4) is 0 Å². The molecule has 1 fully saturated rings. The van der Waals surface area contributed by atoms with E-state index in [-0.39, 0.29) is 25.1 Å². The van der Waals surface area contributed by atoms with Gasteiger partial charge < -0.3 is 16.2 Å². The first kappa shape index (κ1) is 27.1. The van der Waals surface area contributed by atoms with Gasteiger partial charge in [-0.1, -0.05) is 13.8 Å². The zero-order chi connectivity index (χ0) is 24.0. The van der Waals surface area contributed by atoms with Crippen LogP contribution in [0.15, 0.2) is 0 Å². The van der Waals surface area contributed by atoms with Crippen molar-refractivity contribution in [1.29, 1.82) is 0 Å². The third kappa shape index (κ3) is 9.40. The summed E-state index contributed by atoms with van der Waals surface area (Å²) in [5, 5.41) is 0.574. The van der Waals surface area contributed by atoms with Gasteiger partial charge in [-0.15, -0.1) is 4.28 Å². The van der Waals surface area contributed by atoms with Gasteiger partial charge in [-0.25, -0.2) is 8.98 Å². The minimum atomic E-state index is -4.58. The largest absolute Gasteiger partial charge is 0.465 e. The van der Waals surface area contributed by atoms with E-state index in [1.807, 2.05) is 0 Å². The third-order valence-corrected chi connectivity index (χ3v) is 5.79. The van der Waals surface area contributed by atoms with Gasteiger partial charge in [-0.05, 0) is 58.3 Å². The van der Waals surface area contributed by atoms with Crippen LogP contribution < -0.4 is 11.5 Å². The standard InChI is InChI=1S/C19H35N3O8S/c1-18(2,3)16(24)28-11-10-19(4,5)12-29-31(26,27)30-22(17(21)25)14-8-6-13(7-9-14)15(20)23/h13-14H,6-12H2,1-5H3,(H2,20,23)(H2,21,25)/t13-,14-. The number of hydroxylamine groups is 2. The lowest BCUT2D eigenvalue weighted by atomic mass is 9.85. The average molecular weight is 466 g/mol. The van der Waals surface area contributed by atoms with Crippen molar-refractivity contribution < 1.29 is 36.0 Å². The Hall–Kier alpha value is -1.92. The Labute approximate surface area is 184 Å². The second kappa shape index (κ2) is 10.6. The number of primary amides is 2. The molecule has 4 N–H and O–H groups in total. The van der Waals surface area contributed by atoms with Crippen molar-refractivity contribution in [3.63, 3.8) is 0 Å². The van der Waals surface area contributed by atoms with Crippen LogP contribution in [0.2, 0.25) is 0 Å². The van der Waals surface area contributed by atoms with Crippen molar-refractivity contribution in [3.05, 3.63) is 0 Å². The fraction of sp³-hybridized carbons (Fsp3) is 0.842. The lowest BCUT2D eigenvalue weighted by molar-refractivity contribution is -0.153. The number of urea groups is 1. The Morgan fingerprint density at radius 3 is 2.00 bits per heavy atom. The summed E-state index contributed by atoms with van der Waals surface area (Å²) in [6.45, 7) is 8.52. The highest BCUT2D eigenvalue weighted by Crippen LogP contribution is 2.29. The molecule has 1 rings (SSSR count). The molecule has 180 valence electrons. The number of amides is 3. The summed E-state index contributed by atoms with van der Waals surface area (Å²) in [5.41, 5.74) is 9.27. The summed E-state index contributed by atoms with van der Waals surface area (Å²) in [5.74, 6) is -1.12. The molecule has 0 radical (unpaired) electrons. The van der Waals surface area contributed by atoms with Gasteiger partial charge in [0.15, 0.2) is 0 Å². The number of nitrogens with two attached hydrogens (primary N) is 2. The highest BCUT2D eigenvalue weighted by molar-refractivity contribution is 7.81. The number of rotatable bonds is 10. The molecule has 0 aromatic heterocycles. The van der Waals surface area contributed by atoms with E-state index in [1.165, 1.54) is 0 Å². The van der Waals surface area contributed by atoms with E-state index in [9.17, 15) is 22.8 Å². The molecule has 0 aromatic carbocycles. The Kier molecular flexibility index (Phi) is 9.27. The van der Waals surface area contributed by atoms with Crippen LogP contribution in [0.5, 0.6) is 0 Å². The van der Waals surface area contributed by atoms with Crippen LogP contribution in [-0.4, -0.2) is 50.6 Å². The second-order valence-electron chi connectivity index (χ2n) is 9.62. The summed E-state index contributed by atoms with van der Waals surface area (Å²) in [6, 6.07) is -1.70. The molecule has 1 aliphatic rings. The first-order chi connectivity index (χ1) is 14.0. The molecule has 11 nitrogen and oxygen atoms in total. The van der Waals surface area contributed by atoms with Gasteiger partial charge in [-0.3, -0.25) is 9.59 Å². The maximum Gasteiger partial charge on any atom is 0.421 e. The monoisotopic (exact) mass is 465 g/mol. The van der Waals surface area contributed by atoms with Gasteiger partial charge in [0.25, 0.3) is 0 Å². The molecule has 1 saturated carbocycles. The van der Waals surface area contributed by atoms with E-state index in [0.717, 1.165) is 0 Å². The zero-order valence-electron chi connectivity index (χ0n) is 18.9. The maximum atomic E-state index is 12.3. The number of carbonyl (C=O) groups excluding carboxylic acids is 3. The quantitative estimate of drug-likeness (QED) is 0.362. The van der Waals surface area contributed by atoms with E-state index in [0.29, 0.717) is 37.2 Å². The van der Waals surface area contributed by atoms with Crippen molar-refractivity contribution >= 4 is 28.3 Å². The molecule has 0 bridgehead atoms. The lowest BCUT2D eigenvalue weighted by Gasteiger charge is -2.33. The molecular weight excluding hydrogens is 430 g/mol. The Balaban J connectivity index is 2.60. The average Bonchev–Trinajstić information content (AvgIpc) is 2.64. The van der Waals surface area contributed by atoms with Gasteiger partial charge in [0, 0.05) is 5.92 Å². The van der Waals surface area contributed by atoms with Crippen molar-refractivity contribution in [1.82, 2.24) is 5.06 Å². The van der Waals surface area contributed by atoms with Gasteiger partial charge in [0.2, 0.25) is 5.91 Å². The molecule has 0 saturated heterocycles. The zero-order valence-corrected chi connectivity index (χ0v) is 19.7. The number of ether oxygens (including phenoxy) is 1. The fourth-order valence-electron chi connectivity index (χ4n) is 2.93. The highest BCUT2D eigenvalue weighted by Gasteiger charge is 2.35. The summed E-state index contributed by atoms with van der Waals surface area (Å²) in [4.78, 5) is 34.8. The fourth-order valence-corrected chi connectivity index (χ4v) is 3.83. The Morgan fingerprint density at radius 2 is 1.55 bits per heavy atom. The Morgan fingerprint density at radius 1 is 1.00 bits per heavy atom. The molecule has 1 aliphatic carbocycles. The molecular formula is C19H35N3O8S. The number of carbonyl (C=O) groups is 3. The van der Waals surface area contributed by atoms with Crippen molar-refractivity contribution in [2.24, 2.45) is 28.2 Å². The lowest BCUT2D eigenvalue weighted by Crippen LogP contribution is -2.47. The molecule has 0 spiro atoms. The number of nitrogens with zero attached hydrogens (tertiary/aromatic N) is 1. The van der Waals surface area contributed by atoms with E-state index >= 15 is 0 Å². The van der Waals surface area contributed by atoms with Gasteiger partial charge >= 0.3 is 22.4 Å². The van der Waals surface area contributed by atoms with E-state index in [1.54, 1.807) is 34.6 Å². The molecule has 0 unspecified atom stereocenters. The number of esters is 1. The molecule has 3 amide bonds. The SMILES string of the molecule is CC(C)(CCOC(=O)C(C)(C)C)COS(=O)(=O)ON(C(N)=O)[C@H]1CC[C@H](C(N)=O)CC1. The van der Waals surface area contributed by atoms with Gasteiger partial charge in [-0.2, -0.15) is 13.5 Å². The summed E-state index contributed by atoms with van der Waals surface area (Å²) >= 11 is 0. The molecule has 0 aromatic rings. The number of hydrogen-bond donors (Lipinski definition) is 2. The minimum absolute atomic E-state index is 0.101. The predicted octanol–water partition coefficient (Wildman–Crippen LogP) is 1.61. The second-order valence-corrected chi connectivity index (χ2v) is 10.8. The predicted molar refractivity (Wildman–Crippen MR) is 111 cm³/mol. The summed E-state index contributed by atoms with van der Waals surface area (Å²) in [7, 11) is -4.58.